The third-order valence-electron chi connectivity index (χ3n) is 2.11. The van der Waals surface area contributed by atoms with Crippen LogP contribution >= 0.6 is 11.3 Å². The molecule has 0 atom stereocenters. The summed E-state index contributed by atoms with van der Waals surface area (Å²) in [5, 5.41) is 0. The van der Waals surface area contributed by atoms with E-state index in [0.717, 1.165) is 5.75 Å². The molecule has 1 heterocycles. The Hall–Kier alpha value is -1.28. The topological polar surface area (TPSA) is 9.23 Å². The second kappa shape index (κ2) is 3.84. The van der Waals surface area contributed by atoms with Crippen LogP contribution in [0.15, 0.2) is 36.4 Å². The highest BCUT2D eigenvalue weighted by molar-refractivity contribution is 7.15. The molecule has 0 aliphatic carbocycles. The predicted octanol–water partition coefficient (Wildman–Crippen LogP) is 3.73. The Balaban J connectivity index is 2.33. The van der Waals surface area contributed by atoms with Gasteiger partial charge in [-0.3, -0.25) is 0 Å². The summed E-state index contributed by atoms with van der Waals surface area (Å²) >= 11 is 1.81. The molecule has 0 aliphatic heterocycles. The van der Waals surface area contributed by atoms with Crippen LogP contribution in [0.25, 0.3) is 10.4 Å². The smallest absolute Gasteiger partial charge is 0.118 e. The molecule has 2 aromatic rings. The van der Waals surface area contributed by atoms with Crippen LogP contribution in [0.1, 0.15) is 4.88 Å². The lowest BCUT2D eigenvalue weighted by Crippen LogP contribution is -1.81. The van der Waals surface area contributed by atoms with Gasteiger partial charge in [-0.15, -0.1) is 11.3 Å². The van der Waals surface area contributed by atoms with E-state index >= 15 is 0 Å². The molecule has 0 fully saturated rings. The molecule has 2 rings (SSSR count). The van der Waals surface area contributed by atoms with Crippen LogP contribution in [0.4, 0.5) is 0 Å². The number of methoxy groups -OCH3 is 1. The van der Waals surface area contributed by atoms with Gasteiger partial charge in [0.25, 0.3) is 0 Å². The van der Waals surface area contributed by atoms with Gasteiger partial charge in [-0.25, -0.2) is 0 Å². The number of ether oxygens (including phenoxy) is 1. The Morgan fingerprint density at radius 2 is 1.71 bits per heavy atom. The summed E-state index contributed by atoms with van der Waals surface area (Å²) < 4.78 is 5.11. The van der Waals surface area contributed by atoms with Crippen LogP contribution in [0.5, 0.6) is 5.75 Å². The van der Waals surface area contributed by atoms with E-state index < -0.39 is 0 Å². The maximum absolute atomic E-state index is 5.11. The van der Waals surface area contributed by atoms with Gasteiger partial charge < -0.3 is 4.74 Å². The minimum absolute atomic E-state index is 0.905. The quantitative estimate of drug-likeness (QED) is 0.724. The predicted molar refractivity (Wildman–Crippen MR) is 61.0 cm³/mol. The molecular formula is C12H12OS. The summed E-state index contributed by atoms with van der Waals surface area (Å²) in [6.45, 7) is 2.12. The lowest BCUT2D eigenvalue weighted by Gasteiger charge is -2.00. The highest BCUT2D eigenvalue weighted by atomic mass is 32.1. The molecule has 0 amide bonds. The second-order valence-corrected chi connectivity index (χ2v) is 4.43. The first-order valence-electron chi connectivity index (χ1n) is 4.50. The Kier molecular flexibility index (Phi) is 2.55. The normalized spacial score (nSPS) is 10.1. The van der Waals surface area contributed by atoms with Crippen LogP contribution in [-0.2, 0) is 0 Å². The van der Waals surface area contributed by atoms with Crippen molar-refractivity contribution < 1.29 is 4.74 Å². The molecule has 1 aromatic carbocycles. The van der Waals surface area contributed by atoms with Crippen molar-refractivity contribution in [3.05, 3.63) is 41.3 Å². The molecule has 0 unspecified atom stereocenters. The van der Waals surface area contributed by atoms with Crippen molar-refractivity contribution in [1.82, 2.24) is 0 Å². The average molecular weight is 204 g/mol. The van der Waals surface area contributed by atoms with E-state index in [1.807, 2.05) is 23.5 Å². The summed E-state index contributed by atoms with van der Waals surface area (Å²) in [4.78, 5) is 2.65. The monoisotopic (exact) mass is 204 g/mol. The Morgan fingerprint density at radius 1 is 1.00 bits per heavy atom. The lowest BCUT2D eigenvalue weighted by molar-refractivity contribution is 0.415. The Labute approximate surface area is 88.0 Å². The summed E-state index contributed by atoms with van der Waals surface area (Å²) in [5.74, 6) is 0.905. The fraction of sp³-hybridized carbons (Fsp3) is 0.167. The molecule has 0 N–H and O–H groups in total. The molecule has 0 spiro atoms. The van der Waals surface area contributed by atoms with E-state index in [9.17, 15) is 0 Å². The summed E-state index contributed by atoms with van der Waals surface area (Å²) in [5.41, 5.74) is 1.25. The fourth-order valence-corrected chi connectivity index (χ4v) is 2.22. The molecule has 1 aromatic heterocycles. The highest BCUT2D eigenvalue weighted by Gasteiger charge is 2.00. The van der Waals surface area contributed by atoms with Gasteiger partial charge in [0.1, 0.15) is 5.75 Å². The Morgan fingerprint density at radius 3 is 2.21 bits per heavy atom. The van der Waals surface area contributed by atoms with E-state index in [1.54, 1.807) is 7.11 Å². The van der Waals surface area contributed by atoms with Crippen LogP contribution in [0.2, 0.25) is 0 Å². The van der Waals surface area contributed by atoms with E-state index in [4.69, 9.17) is 4.74 Å². The molecule has 1 nitrogen and oxygen atoms in total. The van der Waals surface area contributed by atoms with Crippen molar-refractivity contribution in [3.8, 4) is 16.2 Å². The van der Waals surface area contributed by atoms with Gasteiger partial charge in [0, 0.05) is 9.75 Å². The largest absolute Gasteiger partial charge is 0.497 e. The number of benzene rings is 1. The van der Waals surface area contributed by atoms with Crippen molar-refractivity contribution in [2.75, 3.05) is 7.11 Å². The molecule has 14 heavy (non-hydrogen) atoms. The van der Waals surface area contributed by atoms with Gasteiger partial charge in [0.15, 0.2) is 0 Å². The number of thiophene rings is 1. The van der Waals surface area contributed by atoms with Crippen LogP contribution in [0.3, 0.4) is 0 Å². The van der Waals surface area contributed by atoms with E-state index in [-0.39, 0.29) is 0 Å². The molecule has 0 aliphatic rings. The van der Waals surface area contributed by atoms with E-state index in [1.165, 1.54) is 15.3 Å². The van der Waals surface area contributed by atoms with Gasteiger partial charge in [0.2, 0.25) is 0 Å². The van der Waals surface area contributed by atoms with Gasteiger partial charge in [0.05, 0.1) is 7.11 Å². The minimum Gasteiger partial charge on any atom is -0.497 e. The zero-order valence-corrected chi connectivity index (χ0v) is 9.10. The third-order valence-corrected chi connectivity index (χ3v) is 3.16. The highest BCUT2D eigenvalue weighted by Crippen LogP contribution is 2.28. The summed E-state index contributed by atoms with van der Waals surface area (Å²) in [6.07, 6.45) is 0. The number of aryl methyl sites for hydroxylation is 1. The van der Waals surface area contributed by atoms with Crippen molar-refractivity contribution in [3.63, 3.8) is 0 Å². The molecule has 72 valence electrons. The lowest BCUT2D eigenvalue weighted by atomic mass is 10.2. The standard InChI is InChI=1S/C12H12OS/c1-9-3-8-12(14-9)10-4-6-11(13-2)7-5-10/h3-8H,1-2H3. The molecule has 0 saturated carbocycles. The summed E-state index contributed by atoms with van der Waals surface area (Å²) in [7, 11) is 1.68. The fourth-order valence-electron chi connectivity index (χ4n) is 1.34. The minimum atomic E-state index is 0.905. The number of hydrogen-bond acceptors (Lipinski definition) is 2. The van der Waals surface area contributed by atoms with Crippen molar-refractivity contribution in [2.24, 2.45) is 0 Å². The van der Waals surface area contributed by atoms with Gasteiger partial charge in [-0.2, -0.15) is 0 Å². The van der Waals surface area contributed by atoms with Gasteiger partial charge in [-0.05, 0) is 48.9 Å². The molecule has 0 radical (unpaired) electrons. The average Bonchev–Trinajstić information content (AvgIpc) is 2.65. The van der Waals surface area contributed by atoms with Gasteiger partial charge >= 0.3 is 0 Å². The summed E-state index contributed by atoms with van der Waals surface area (Å²) in [6, 6.07) is 12.5. The van der Waals surface area contributed by atoms with Crippen LogP contribution in [0, 0.1) is 6.92 Å². The Bertz CT molecular complexity index is 414. The molecule has 2 heteroatoms. The van der Waals surface area contributed by atoms with Crippen molar-refractivity contribution in [2.45, 2.75) is 6.92 Å². The first kappa shape index (κ1) is 9.28. The second-order valence-electron chi connectivity index (χ2n) is 3.14. The van der Waals surface area contributed by atoms with Crippen molar-refractivity contribution >= 4 is 11.3 Å². The maximum Gasteiger partial charge on any atom is 0.118 e. The zero-order valence-electron chi connectivity index (χ0n) is 8.28. The van der Waals surface area contributed by atoms with E-state index in [2.05, 4.69) is 31.2 Å². The zero-order chi connectivity index (χ0) is 9.97. The number of hydrogen-bond donors (Lipinski definition) is 0. The van der Waals surface area contributed by atoms with Crippen molar-refractivity contribution in [1.29, 1.82) is 0 Å². The third kappa shape index (κ3) is 1.80. The molecule has 0 saturated heterocycles. The maximum atomic E-state index is 5.11. The molecular weight excluding hydrogens is 192 g/mol. The molecule has 0 bridgehead atoms. The van der Waals surface area contributed by atoms with Crippen LogP contribution in [-0.4, -0.2) is 7.11 Å². The number of rotatable bonds is 2. The SMILES string of the molecule is COc1ccc(-c2ccc(C)s2)cc1. The first-order chi connectivity index (χ1) is 6.79. The van der Waals surface area contributed by atoms with E-state index in [0.29, 0.717) is 0 Å². The first-order valence-corrected chi connectivity index (χ1v) is 5.32. The van der Waals surface area contributed by atoms with Gasteiger partial charge in [-0.1, -0.05) is 0 Å². The van der Waals surface area contributed by atoms with Crippen LogP contribution < -0.4 is 4.74 Å².